The van der Waals surface area contributed by atoms with E-state index in [1.165, 1.54) is 5.56 Å². The molecule has 26 heavy (non-hydrogen) atoms. The summed E-state index contributed by atoms with van der Waals surface area (Å²) in [6, 6.07) is 11.7. The van der Waals surface area contributed by atoms with Crippen molar-refractivity contribution in [3.63, 3.8) is 0 Å². The van der Waals surface area contributed by atoms with E-state index in [9.17, 15) is 4.79 Å². The van der Waals surface area contributed by atoms with Gasteiger partial charge in [-0.05, 0) is 37.1 Å². The van der Waals surface area contributed by atoms with Crippen molar-refractivity contribution in [3.05, 3.63) is 71.2 Å². The molecule has 0 saturated carbocycles. The lowest BCUT2D eigenvalue weighted by Gasteiger charge is -2.09. The first-order valence-corrected chi connectivity index (χ1v) is 8.53. The predicted molar refractivity (Wildman–Crippen MR) is 99.6 cm³/mol. The number of benzene rings is 1. The SMILES string of the molecule is CCc1c(C(=O)NCc2ccnc(OC)c2)cnn1-c1ccc(C)cc1. The summed E-state index contributed by atoms with van der Waals surface area (Å²) in [5, 5.41) is 7.36. The van der Waals surface area contributed by atoms with Crippen molar-refractivity contribution in [3.8, 4) is 11.6 Å². The third-order valence-electron chi connectivity index (χ3n) is 4.19. The number of rotatable bonds is 6. The van der Waals surface area contributed by atoms with Crippen LogP contribution in [-0.4, -0.2) is 27.8 Å². The summed E-state index contributed by atoms with van der Waals surface area (Å²) in [6.07, 6.45) is 3.99. The highest BCUT2D eigenvalue weighted by Crippen LogP contribution is 2.17. The van der Waals surface area contributed by atoms with Gasteiger partial charge in [-0.1, -0.05) is 24.6 Å². The summed E-state index contributed by atoms with van der Waals surface area (Å²) in [4.78, 5) is 16.7. The van der Waals surface area contributed by atoms with Gasteiger partial charge >= 0.3 is 0 Å². The van der Waals surface area contributed by atoms with E-state index in [1.807, 2.05) is 48.9 Å². The largest absolute Gasteiger partial charge is 0.481 e. The van der Waals surface area contributed by atoms with Gasteiger partial charge in [0.15, 0.2) is 0 Å². The van der Waals surface area contributed by atoms with Crippen LogP contribution in [0.3, 0.4) is 0 Å². The number of aryl methyl sites for hydroxylation is 1. The zero-order valence-corrected chi connectivity index (χ0v) is 15.2. The second-order valence-corrected chi connectivity index (χ2v) is 5.99. The summed E-state index contributed by atoms with van der Waals surface area (Å²) in [5.41, 5.74) is 4.54. The van der Waals surface area contributed by atoms with E-state index < -0.39 is 0 Å². The molecule has 0 fully saturated rings. The van der Waals surface area contributed by atoms with Crippen LogP contribution in [0.15, 0.2) is 48.8 Å². The molecule has 0 aliphatic heterocycles. The van der Waals surface area contributed by atoms with E-state index in [4.69, 9.17) is 4.74 Å². The zero-order chi connectivity index (χ0) is 18.5. The van der Waals surface area contributed by atoms with E-state index in [1.54, 1.807) is 25.6 Å². The number of hydrogen-bond donors (Lipinski definition) is 1. The highest BCUT2D eigenvalue weighted by molar-refractivity contribution is 5.95. The van der Waals surface area contributed by atoms with Gasteiger partial charge in [-0.2, -0.15) is 5.10 Å². The highest BCUT2D eigenvalue weighted by atomic mass is 16.5. The Kier molecular flexibility index (Phi) is 5.31. The number of carbonyl (C=O) groups excluding carboxylic acids is 1. The van der Waals surface area contributed by atoms with Gasteiger partial charge in [0.2, 0.25) is 5.88 Å². The number of amides is 1. The molecule has 0 unspecified atom stereocenters. The van der Waals surface area contributed by atoms with Crippen molar-refractivity contribution >= 4 is 5.91 Å². The lowest BCUT2D eigenvalue weighted by atomic mass is 10.1. The van der Waals surface area contributed by atoms with Crippen LogP contribution in [-0.2, 0) is 13.0 Å². The number of aromatic nitrogens is 3. The number of ether oxygens (including phenoxy) is 1. The van der Waals surface area contributed by atoms with Gasteiger partial charge in [0, 0.05) is 18.8 Å². The third kappa shape index (κ3) is 3.74. The fraction of sp³-hybridized carbons (Fsp3) is 0.250. The number of carbonyl (C=O) groups is 1. The van der Waals surface area contributed by atoms with Gasteiger partial charge in [-0.25, -0.2) is 9.67 Å². The molecule has 3 aromatic rings. The van der Waals surface area contributed by atoms with Crippen molar-refractivity contribution in [2.75, 3.05) is 7.11 Å². The second kappa shape index (κ2) is 7.82. The summed E-state index contributed by atoms with van der Waals surface area (Å²) in [6.45, 7) is 4.46. The number of nitrogens with one attached hydrogen (secondary N) is 1. The third-order valence-corrected chi connectivity index (χ3v) is 4.19. The maximum absolute atomic E-state index is 12.6. The standard InChI is InChI=1S/C20H22N4O2/c1-4-18-17(13-23-24(18)16-7-5-14(2)6-8-16)20(25)22-12-15-9-10-21-19(11-15)26-3/h5-11,13H,4,12H2,1-3H3,(H,22,25). The van der Waals surface area contributed by atoms with Gasteiger partial charge in [0.1, 0.15) is 0 Å². The van der Waals surface area contributed by atoms with E-state index in [0.29, 0.717) is 24.4 Å². The zero-order valence-electron chi connectivity index (χ0n) is 15.2. The summed E-state index contributed by atoms with van der Waals surface area (Å²) < 4.78 is 6.93. The molecule has 1 amide bonds. The maximum Gasteiger partial charge on any atom is 0.255 e. The molecule has 2 heterocycles. The average molecular weight is 350 g/mol. The lowest BCUT2D eigenvalue weighted by Crippen LogP contribution is -2.23. The summed E-state index contributed by atoms with van der Waals surface area (Å²) in [7, 11) is 1.57. The minimum atomic E-state index is -0.143. The quantitative estimate of drug-likeness (QED) is 0.742. The molecule has 0 radical (unpaired) electrons. The Labute approximate surface area is 152 Å². The van der Waals surface area contributed by atoms with Crippen LogP contribution < -0.4 is 10.1 Å². The van der Waals surface area contributed by atoms with Crippen LogP contribution >= 0.6 is 0 Å². The molecular weight excluding hydrogens is 328 g/mol. The molecule has 2 aromatic heterocycles. The van der Waals surface area contributed by atoms with Crippen molar-refractivity contribution < 1.29 is 9.53 Å². The maximum atomic E-state index is 12.6. The van der Waals surface area contributed by atoms with E-state index in [0.717, 1.165) is 16.9 Å². The van der Waals surface area contributed by atoms with Crippen molar-refractivity contribution in [1.82, 2.24) is 20.1 Å². The van der Waals surface area contributed by atoms with Crippen LogP contribution in [0.2, 0.25) is 0 Å². The molecule has 0 atom stereocenters. The van der Waals surface area contributed by atoms with E-state index in [2.05, 4.69) is 15.4 Å². The summed E-state index contributed by atoms with van der Waals surface area (Å²) >= 11 is 0. The normalized spacial score (nSPS) is 10.6. The Morgan fingerprint density at radius 3 is 2.69 bits per heavy atom. The fourth-order valence-corrected chi connectivity index (χ4v) is 2.76. The van der Waals surface area contributed by atoms with Gasteiger partial charge in [0.05, 0.1) is 30.3 Å². The predicted octanol–water partition coefficient (Wildman–Crippen LogP) is 3.08. The van der Waals surface area contributed by atoms with Crippen LogP contribution in [0.4, 0.5) is 0 Å². The average Bonchev–Trinajstić information content (AvgIpc) is 3.11. The first kappa shape index (κ1) is 17.7. The van der Waals surface area contributed by atoms with Gasteiger partial charge in [-0.3, -0.25) is 4.79 Å². The van der Waals surface area contributed by atoms with Crippen LogP contribution in [0.5, 0.6) is 5.88 Å². The van der Waals surface area contributed by atoms with Crippen molar-refractivity contribution in [2.45, 2.75) is 26.8 Å². The molecular formula is C20H22N4O2. The van der Waals surface area contributed by atoms with E-state index in [-0.39, 0.29) is 5.91 Å². The molecule has 1 aromatic carbocycles. The van der Waals surface area contributed by atoms with Crippen molar-refractivity contribution in [1.29, 1.82) is 0 Å². The van der Waals surface area contributed by atoms with Crippen molar-refractivity contribution in [2.24, 2.45) is 0 Å². The molecule has 1 N–H and O–H groups in total. The molecule has 0 saturated heterocycles. The molecule has 134 valence electrons. The minimum Gasteiger partial charge on any atom is -0.481 e. The molecule has 6 nitrogen and oxygen atoms in total. The van der Waals surface area contributed by atoms with Crippen LogP contribution in [0.25, 0.3) is 5.69 Å². The molecule has 0 spiro atoms. The van der Waals surface area contributed by atoms with Gasteiger partial charge in [-0.15, -0.1) is 0 Å². The Hall–Kier alpha value is -3.15. The summed E-state index contributed by atoms with van der Waals surface area (Å²) in [5.74, 6) is 0.383. The number of pyridine rings is 1. The second-order valence-electron chi connectivity index (χ2n) is 5.99. The minimum absolute atomic E-state index is 0.143. The molecule has 3 rings (SSSR count). The first-order valence-electron chi connectivity index (χ1n) is 8.53. The van der Waals surface area contributed by atoms with Gasteiger partial charge < -0.3 is 10.1 Å². The monoisotopic (exact) mass is 350 g/mol. The Morgan fingerprint density at radius 2 is 2.00 bits per heavy atom. The van der Waals surface area contributed by atoms with Crippen LogP contribution in [0.1, 0.15) is 34.1 Å². The lowest BCUT2D eigenvalue weighted by molar-refractivity contribution is 0.0950. The highest BCUT2D eigenvalue weighted by Gasteiger charge is 2.17. The molecule has 6 heteroatoms. The Morgan fingerprint density at radius 1 is 1.23 bits per heavy atom. The number of hydrogen-bond acceptors (Lipinski definition) is 4. The van der Waals surface area contributed by atoms with Crippen LogP contribution in [0, 0.1) is 6.92 Å². The smallest absolute Gasteiger partial charge is 0.255 e. The fourth-order valence-electron chi connectivity index (χ4n) is 2.76. The Balaban J connectivity index is 1.78. The topological polar surface area (TPSA) is 69.0 Å². The number of nitrogens with zero attached hydrogens (tertiary/aromatic N) is 3. The first-order chi connectivity index (χ1) is 12.6. The molecule has 0 aliphatic rings. The Bertz CT molecular complexity index is 900. The molecule has 0 aliphatic carbocycles. The molecule has 0 bridgehead atoms. The number of methoxy groups -OCH3 is 1. The van der Waals surface area contributed by atoms with E-state index >= 15 is 0 Å². The van der Waals surface area contributed by atoms with Gasteiger partial charge in [0.25, 0.3) is 5.91 Å².